The predicted octanol–water partition coefficient (Wildman–Crippen LogP) is 1.66. The first-order valence-corrected chi connectivity index (χ1v) is 9.81. The van der Waals surface area contributed by atoms with E-state index in [4.69, 9.17) is 5.73 Å². The number of β-amino-alcohol motifs (C(OH)–C–C–N with tert-alkyl or cyclic N) is 1. The Bertz CT molecular complexity index is 871. The van der Waals surface area contributed by atoms with E-state index in [1.54, 1.807) is 0 Å². The van der Waals surface area contributed by atoms with Crippen LogP contribution in [0.4, 0.5) is 5.82 Å². The maximum Gasteiger partial charge on any atom is 0.155 e. The molecule has 8 heteroatoms. The SMILES string of the molecule is Nc1ncnc2c(CN3C[C@H](CSCc4ccccc4)[C@@H](O)C3)[nH]nc12. The number of hydrogen-bond donors (Lipinski definition) is 3. The van der Waals surface area contributed by atoms with Crippen LogP contribution < -0.4 is 5.73 Å². The van der Waals surface area contributed by atoms with Crippen LogP contribution in [0.1, 0.15) is 11.3 Å². The highest BCUT2D eigenvalue weighted by molar-refractivity contribution is 7.98. The second-order valence-electron chi connectivity index (χ2n) is 6.68. The summed E-state index contributed by atoms with van der Waals surface area (Å²) in [6.07, 6.45) is 1.16. The molecule has 26 heavy (non-hydrogen) atoms. The average Bonchev–Trinajstić information content (AvgIpc) is 3.21. The zero-order chi connectivity index (χ0) is 17.9. The van der Waals surface area contributed by atoms with E-state index < -0.39 is 0 Å². The summed E-state index contributed by atoms with van der Waals surface area (Å²) in [5, 5.41) is 17.6. The molecule has 3 aromatic rings. The first kappa shape index (κ1) is 17.3. The van der Waals surface area contributed by atoms with Crippen molar-refractivity contribution in [2.45, 2.75) is 18.4 Å². The van der Waals surface area contributed by atoms with Crippen LogP contribution >= 0.6 is 11.8 Å². The van der Waals surface area contributed by atoms with E-state index in [1.807, 2.05) is 17.8 Å². The van der Waals surface area contributed by atoms with Crippen LogP contribution in [0, 0.1) is 5.92 Å². The van der Waals surface area contributed by atoms with Crippen LogP contribution in [-0.2, 0) is 12.3 Å². The number of likely N-dealkylation sites (tertiary alicyclic amines) is 1. The Balaban J connectivity index is 1.34. The number of nitrogens with zero attached hydrogens (tertiary/aromatic N) is 4. The molecule has 0 unspecified atom stereocenters. The van der Waals surface area contributed by atoms with Crippen LogP contribution in [0.15, 0.2) is 36.7 Å². The number of aromatic nitrogens is 4. The van der Waals surface area contributed by atoms with Crippen molar-refractivity contribution in [3.05, 3.63) is 47.9 Å². The molecule has 0 radical (unpaired) electrons. The fraction of sp³-hybridized carbons (Fsp3) is 0.389. The van der Waals surface area contributed by atoms with Crippen molar-refractivity contribution >= 4 is 28.6 Å². The maximum absolute atomic E-state index is 10.4. The molecule has 7 nitrogen and oxygen atoms in total. The molecule has 0 aliphatic carbocycles. The molecule has 1 aromatic carbocycles. The summed E-state index contributed by atoms with van der Waals surface area (Å²) in [4.78, 5) is 10.5. The van der Waals surface area contributed by atoms with Crippen molar-refractivity contribution in [2.24, 2.45) is 5.92 Å². The van der Waals surface area contributed by atoms with E-state index in [1.165, 1.54) is 11.9 Å². The summed E-state index contributed by atoms with van der Waals surface area (Å²) in [7, 11) is 0. The van der Waals surface area contributed by atoms with Gasteiger partial charge in [-0.25, -0.2) is 9.97 Å². The van der Waals surface area contributed by atoms with E-state index in [2.05, 4.69) is 49.3 Å². The normalized spacial score (nSPS) is 20.8. The number of thioether (sulfide) groups is 1. The fourth-order valence-corrected chi connectivity index (χ4v) is 4.55. The van der Waals surface area contributed by atoms with E-state index in [0.29, 0.717) is 24.4 Å². The molecule has 3 heterocycles. The monoisotopic (exact) mass is 370 g/mol. The number of nitrogens with two attached hydrogens (primary N) is 1. The van der Waals surface area contributed by atoms with E-state index in [0.717, 1.165) is 29.3 Å². The third kappa shape index (κ3) is 3.67. The topological polar surface area (TPSA) is 104 Å². The highest BCUT2D eigenvalue weighted by atomic mass is 32.2. The smallest absolute Gasteiger partial charge is 0.155 e. The number of H-pyrrole nitrogens is 1. The second kappa shape index (κ2) is 7.61. The van der Waals surface area contributed by atoms with Gasteiger partial charge in [-0.3, -0.25) is 10.00 Å². The quantitative estimate of drug-likeness (QED) is 0.606. The number of aromatic amines is 1. The lowest BCUT2D eigenvalue weighted by Gasteiger charge is -2.14. The van der Waals surface area contributed by atoms with Gasteiger partial charge in [-0.2, -0.15) is 16.9 Å². The Labute approximate surface area is 156 Å². The van der Waals surface area contributed by atoms with Gasteiger partial charge in [0, 0.05) is 37.1 Å². The second-order valence-corrected chi connectivity index (χ2v) is 7.71. The number of hydrogen-bond acceptors (Lipinski definition) is 7. The van der Waals surface area contributed by atoms with Crippen LogP contribution in [0.2, 0.25) is 0 Å². The van der Waals surface area contributed by atoms with Crippen molar-refractivity contribution in [3.8, 4) is 0 Å². The molecule has 0 amide bonds. The van der Waals surface area contributed by atoms with Gasteiger partial charge in [-0.15, -0.1) is 0 Å². The third-order valence-electron chi connectivity index (χ3n) is 4.75. The highest BCUT2D eigenvalue weighted by Crippen LogP contribution is 2.26. The van der Waals surface area contributed by atoms with Gasteiger partial charge in [0.25, 0.3) is 0 Å². The van der Waals surface area contributed by atoms with Crippen LogP contribution in [0.25, 0.3) is 11.0 Å². The molecule has 2 atom stereocenters. The van der Waals surface area contributed by atoms with Gasteiger partial charge in [-0.1, -0.05) is 30.3 Å². The van der Waals surface area contributed by atoms with Crippen molar-refractivity contribution < 1.29 is 5.11 Å². The number of anilines is 1. The van der Waals surface area contributed by atoms with Gasteiger partial charge in [0.05, 0.1) is 11.8 Å². The van der Waals surface area contributed by atoms with Gasteiger partial charge in [0.15, 0.2) is 11.3 Å². The lowest BCUT2D eigenvalue weighted by molar-refractivity contribution is 0.149. The number of fused-ring (bicyclic) bond motifs is 1. The molecule has 0 bridgehead atoms. The highest BCUT2D eigenvalue weighted by Gasteiger charge is 2.31. The van der Waals surface area contributed by atoms with Crippen molar-refractivity contribution in [1.82, 2.24) is 25.1 Å². The summed E-state index contributed by atoms with van der Waals surface area (Å²) in [5.41, 5.74) is 9.44. The van der Waals surface area contributed by atoms with Crippen LogP contribution in [0.3, 0.4) is 0 Å². The number of aliphatic hydroxyl groups excluding tert-OH is 1. The summed E-state index contributed by atoms with van der Waals surface area (Å²) in [6, 6.07) is 10.4. The molecule has 0 saturated carbocycles. The minimum absolute atomic E-state index is 0.276. The number of aliphatic hydroxyl groups is 1. The molecular weight excluding hydrogens is 348 g/mol. The van der Waals surface area contributed by atoms with Crippen molar-refractivity contribution in [2.75, 3.05) is 24.6 Å². The molecule has 4 rings (SSSR count). The van der Waals surface area contributed by atoms with Gasteiger partial charge in [-0.05, 0) is 5.56 Å². The Morgan fingerprint density at radius 1 is 1.19 bits per heavy atom. The Morgan fingerprint density at radius 2 is 2.04 bits per heavy atom. The minimum Gasteiger partial charge on any atom is -0.391 e. The van der Waals surface area contributed by atoms with Crippen molar-refractivity contribution in [3.63, 3.8) is 0 Å². The van der Waals surface area contributed by atoms with Gasteiger partial charge in [0.2, 0.25) is 0 Å². The lowest BCUT2D eigenvalue weighted by Crippen LogP contribution is -2.21. The zero-order valence-corrected chi connectivity index (χ0v) is 15.2. The zero-order valence-electron chi connectivity index (χ0n) is 14.4. The Morgan fingerprint density at radius 3 is 2.88 bits per heavy atom. The minimum atomic E-state index is -0.299. The van der Waals surface area contributed by atoms with Gasteiger partial charge >= 0.3 is 0 Å². The van der Waals surface area contributed by atoms with E-state index >= 15 is 0 Å². The van der Waals surface area contributed by atoms with Gasteiger partial charge in [0.1, 0.15) is 11.8 Å². The number of benzene rings is 1. The number of nitrogen functional groups attached to an aromatic ring is 1. The standard InChI is InChI=1S/C18H22N6OS/c19-18-17-16(20-11-21-18)14(22-23-17)7-24-6-13(15(25)8-24)10-26-9-12-4-2-1-3-5-12/h1-5,11,13,15,25H,6-10H2,(H,22,23)(H2,19,20,21)/t13-,15+/m1/s1. The van der Waals surface area contributed by atoms with Gasteiger partial charge < -0.3 is 10.8 Å². The average molecular weight is 370 g/mol. The largest absolute Gasteiger partial charge is 0.391 e. The first-order valence-electron chi connectivity index (χ1n) is 8.66. The Kier molecular flexibility index (Phi) is 5.05. The molecule has 136 valence electrons. The molecule has 4 N–H and O–H groups in total. The van der Waals surface area contributed by atoms with Crippen LogP contribution in [-0.4, -0.2) is 55.1 Å². The third-order valence-corrected chi connectivity index (χ3v) is 5.95. The summed E-state index contributed by atoms with van der Waals surface area (Å²) < 4.78 is 0. The predicted molar refractivity (Wildman–Crippen MR) is 103 cm³/mol. The molecule has 0 spiro atoms. The summed E-state index contributed by atoms with van der Waals surface area (Å²) in [6.45, 7) is 2.20. The number of rotatable bonds is 6. The molecule has 1 saturated heterocycles. The van der Waals surface area contributed by atoms with E-state index in [-0.39, 0.29) is 12.0 Å². The molecule has 1 aliphatic rings. The number of nitrogens with one attached hydrogen (secondary N) is 1. The maximum atomic E-state index is 10.4. The molecular formula is C18H22N6OS. The molecule has 1 fully saturated rings. The Hall–Kier alpha value is -2.16. The van der Waals surface area contributed by atoms with E-state index in [9.17, 15) is 5.11 Å². The fourth-order valence-electron chi connectivity index (χ4n) is 3.37. The van der Waals surface area contributed by atoms with Crippen LogP contribution in [0.5, 0.6) is 0 Å². The summed E-state index contributed by atoms with van der Waals surface area (Å²) in [5.74, 6) is 2.59. The lowest BCUT2D eigenvalue weighted by atomic mass is 10.1. The first-order chi connectivity index (χ1) is 12.7. The summed E-state index contributed by atoms with van der Waals surface area (Å²) >= 11 is 1.88. The molecule has 1 aliphatic heterocycles. The van der Waals surface area contributed by atoms with Crippen molar-refractivity contribution in [1.29, 1.82) is 0 Å². The molecule has 2 aromatic heterocycles.